The molecule has 192 valence electrons. The summed E-state index contributed by atoms with van der Waals surface area (Å²) in [5, 5.41) is 3.79. The first-order chi connectivity index (χ1) is 16.5. The van der Waals surface area contributed by atoms with E-state index in [1.165, 1.54) is 28.4 Å². The lowest BCUT2D eigenvalue weighted by atomic mass is 10.1. The molecule has 0 saturated heterocycles. The third-order valence-electron chi connectivity index (χ3n) is 5.84. The topological polar surface area (TPSA) is 86.8 Å². The summed E-state index contributed by atoms with van der Waals surface area (Å²) < 4.78 is 26.7. The predicted molar refractivity (Wildman–Crippen MR) is 140 cm³/mol. The van der Waals surface area contributed by atoms with Crippen molar-refractivity contribution in [2.24, 2.45) is 0 Å². The van der Waals surface area contributed by atoms with Gasteiger partial charge in [0.15, 0.2) is 0 Å². The number of carbonyl (C=O) groups is 2. The van der Waals surface area contributed by atoms with E-state index in [1.807, 2.05) is 13.8 Å². The van der Waals surface area contributed by atoms with Gasteiger partial charge in [-0.3, -0.25) is 9.59 Å². The summed E-state index contributed by atoms with van der Waals surface area (Å²) in [6.07, 6.45) is 1.13. The normalized spacial score (nSPS) is 13.3. The largest absolute Gasteiger partial charge is 0.352 e. The van der Waals surface area contributed by atoms with Gasteiger partial charge in [-0.15, -0.1) is 0 Å². The molecule has 2 rings (SSSR count). The van der Waals surface area contributed by atoms with Crippen molar-refractivity contribution in [1.29, 1.82) is 0 Å². The first-order valence-electron chi connectivity index (χ1n) is 11.5. The molecule has 0 fully saturated rings. The highest BCUT2D eigenvalue weighted by molar-refractivity contribution is 7.89. The lowest BCUT2D eigenvalue weighted by Crippen LogP contribution is -2.49. The molecule has 2 aromatic rings. The van der Waals surface area contributed by atoms with E-state index < -0.39 is 16.1 Å². The van der Waals surface area contributed by atoms with Gasteiger partial charge in [-0.1, -0.05) is 54.4 Å². The molecule has 0 aliphatic rings. The molecule has 0 aliphatic carbocycles. The SMILES string of the molecule is CC[C@@H](C)NC(=O)[C@@H](C)N(Cc1ccc(Cl)cc1Cl)C(=O)CCCN(C)S(=O)(=O)c1ccccc1. The quantitative estimate of drug-likeness (QED) is 0.420. The molecule has 1 N–H and O–H groups in total. The number of hydrogen-bond donors (Lipinski definition) is 1. The average Bonchev–Trinajstić information content (AvgIpc) is 2.83. The Morgan fingerprint density at radius 2 is 1.71 bits per heavy atom. The van der Waals surface area contributed by atoms with Crippen molar-refractivity contribution in [3.8, 4) is 0 Å². The van der Waals surface area contributed by atoms with Gasteiger partial charge in [0.25, 0.3) is 0 Å². The molecule has 35 heavy (non-hydrogen) atoms. The minimum absolute atomic E-state index is 0.0298. The molecule has 0 aliphatic heterocycles. The fourth-order valence-electron chi connectivity index (χ4n) is 3.37. The third-order valence-corrected chi connectivity index (χ3v) is 8.30. The monoisotopic (exact) mass is 541 g/mol. The van der Waals surface area contributed by atoms with Crippen LogP contribution in [-0.2, 0) is 26.2 Å². The summed E-state index contributed by atoms with van der Waals surface area (Å²) in [4.78, 5) is 27.7. The number of halogens is 2. The summed E-state index contributed by atoms with van der Waals surface area (Å²) in [5.41, 5.74) is 0.663. The Labute approximate surface area is 218 Å². The summed E-state index contributed by atoms with van der Waals surface area (Å²) in [5.74, 6) is -0.533. The van der Waals surface area contributed by atoms with Crippen LogP contribution in [-0.4, -0.2) is 55.1 Å². The maximum Gasteiger partial charge on any atom is 0.242 e. The highest BCUT2D eigenvalue weighted by Gasteiger charge is 2.28. The molecule has 2 aromatic carbocycles. The predicted octanol–water partition coefficient (Wildman–Crippen LogP) is 4.73. The fraction of sp³-hybridized carbons (Fsp3) is 0.440. The minimum atomic E-state index is -3.65. The minimum Gasteiger partial charge on any atom is -0.352 e. The molecule has 0 heterocycles. The first kappa shape index (κ1) is 29.1. The maximum atomic E-state index is 13.2. The number of nitrogens with zero attached hydrogens (tertiary/aromatic N) is 2. The van der Waals surface area contributed by atoms with Gasteiger partial charge in [0.1, 0.15) is 6.04 Å². The van der Waals surface area contributed by atoms with Gasteiger partial charge < -0.3 is 10.2 Å². The fourth-order valence-corrected chi connectivity index (χ4v) is 5.07. The zero-order valence-electron chi connectivity index (χ0n) is 20.5. The van der Waals surface area contributed by atoms with Crippen molar-refractivity contribution < 1.29 is 18.0 Å². The molecule has 0 unspecified atom stereocenters. The van der Waals surface area contributed by atoms with Crippen LogP contribution in [0, 0.1) is 0 Å². The number of sulfonamides is 1. The summed E-state index contributed by atoms with van der Waals surface area (Å²) in [6.45, 7) is 5.82. The second-order valence-electron chi connectivity index (χ2n) is 8.49. The number of benzene rings is 2. The van der Waals surface area contributed by atoms with Crippen LogP contribution in [0.15, 0.2) is 53.4 Å². The molecule has 0 saturated carbocycles. The number of hydrogen-bond acceptors (Lipinski definition) is 4. The van der Waals surface area contributed by atoms with Crippen LogP contribution in [0.25, 0.3) is 0 Å². The lowest BCUT2D eigenvalue weighted by Gasteiger charge is -2.30. The van der Waals surface area contributed by atoms with Gasteiger partial charge in [-0.05, 0) is 56.5 Å². The summed E-state index contributed by atoms with van der Waals surface area (Å²) in [7, 11) is -2.16. The Bertz CT molecular complexity index is 1110. The Morgan fingerprint density at radius 3 is 2.31 bits per heavy atom. The lowest BCUT2D eigenvalue weighted by molar-refractivity contribution is -0.141. The second-order valence-corrected chi connectivity index (χ2v) is 11.4. The number of carbonyl (C=O) groups excluding carboxylic acids is 2. The molecule has 2 atom stereocenters. The summed E-state index contributed by atoms with van der Waals surface area (Å²) in [6, 6.07) is 12.4. The van der Waals surface area contributed by atoms with Gasteiger partial charge in [-0.2, -0.15) is 0 Å². The molecular weight excluding hydrogens is 509 g/mol. The molecule has 7 nitrogen and oxygen atoms in total. The van der Waals surface area contributed by atoms with Crippen LogP contribution in [0.2, 0.25) is 10.0 Å². The van der Waals surface area contributed by atoms with Gasteiger partial charge in [0, 0.05) is 42.6 Å². The molecule has 0 radical (unpaired) electrons. The van der Waals surface area contributed by atoms with Crippen molar-refractivity contribution in [2.75, 3.05) is 13.6 Å². The standard InChI is InChI=1S/C25H33Cl2N3O4S/c1-5-18(2)28-25(32)19(3)30(17-20-13-14-21(26)16-23(20)27)24(31)12-9-15-29(4)35(33,34)22-10-7-6-8-11-22/h6-8,10-11,13-14,16,18-19H,5,9,12,15,17H2,1-4H3,(H,28,32)/t18-,19-/m1/s1. The van der Waals surface area contributed by atoms with Crippen LogP contribution in [0.5, 0.6) is 0 Å². The number of rotatable bonds is 12. The van der Waals surface area contributed by atoms with Gasteiger partial charge in [0.2, 0.25) is 21.8 Å². The van der Waals surface area contributed by atoms with Crippen molar-refractivity contribution in [2.45, 2.75) is 63.6 Å². The zero-order chi connectivity index (χ0) is 26.2. The molecular formula is C25H33Cl2N3O4S. The van der Waals surface area contributed by atoms with Crippen molar-refractivity contribution >= 4 is 45.0 Å². The van der Waals surface area contributed by atoms with Crippen LogP contribution in [0.1, 0.15) is 45.6 Å². The van der Waals surface area contributed by atoms with E-state index in [0.29, 0.717) is 22.0 Å². The van der Waals surface area contributed by atoms with E-state index >= 15 is 0 Å². The van der Waals surface area contributed by atoms with Crippen LogP contribution >= 0.6 is 23.2 Å². The van der Waals surface area contributed by atoms with Gasteiger partial charge in [-0.25, -0.2) is 12.7 Å². The van der Waals surface area contributed by atoms with Gasteiger partial charge in [0.05, 0.1) is 4.90 Å². The van der Waals surface area contributed by atoms with Gasteiger partial charge >= 0.3 is 0 Å². The van der Waals surface area contributed by atoms with E-state index in [-0.39, 0.29) is 42.3 Å². The van der Waals surface area contributed by atoms with Crippen LogP contribution < -0.4 is 5.32 Å². The Hall–Kier alpha value is -2.13. The highest BCUT2D eigenvalue weighted by atomic mass is 35.5. The van der Waals surface area contributed by atoms with Crippen molar-refractivity contribution in [3.05, 3.63) is 64.1 Å². The number of amides is 2. The maximum absolute atomic E-state index is 13.2. The number of nitrogens with one attached hydrogen (secondary N) is 1. The van der Waals surface area contributed by atoms with Crippen molar-refractivity contribution in [1.82, 2.24) is 14.5 Å². The van der Waals surface area contributed by atoms with E-state index in [2.05, 4.69) is 5.32 Å². The Kier molecular flexibility index (Phi) is 11.0. The van der Waals surface area contributed by atoms with Crippen molar-refractivity contribution in [3.63, 3.8) is 0 Å². The smallest absolute Gasteiger partial charge is 0.242 e. The zero-order valence-corrected chi connectivity index (χ0v) is 22.8. The van der Waals surface area contributed by atoms with E-state index in [0.717, 1.165) is 6.42 Å². The Morgan fingerprint density at radius 1 is 1.06 bits per heavy atom. The van der Waals surface area contributed by atoms with E-state index in [1.54, 1.807) is 43.3 Å². The Balaban J connectivity index is 2.12. The third kappa shape index (κ3) is 8.20. The molecule has 2 amide bonds. The van der Waals surface area contributed by atoms with Crippen LogP contribution in [0.3, 0.4) is 0 Å². The second kappa shape index (κ2) is 13.3. The molecule has 0 bridgehead atoms. The molecule has 10 heteroatoms. The van der Waals surface area contributed by atoms with E-state index in [4.69, 9.17) is 23.2 Å². The molecule has 0 spiro atoms. The van der Waals surface area contributed by atoms with E-state index in [9.17, 15) is 18.0 Å². The molecule has 0 aromatic heterocycles. The average molecular weight is 543 g/mol. The highest BCUT2D eigenvalue weighted by Crippen LogP contribution is 2.24. The van der Waals surface area contributed by atoms with Crippen LogP contribution in [0.4, 0.5) is 0 Å². The summed E-state index contributed by atoms with van der Waals surface area (Å²) >= 11 is 12.3. The first-order valence-corrected chi connectivity index (χ1v) is 13.7.